The minimum Gasteiger partial charge on any atom is -0.0763 e. The Morgan fingerprint density at radius 1 is 0.850 bits per heavy atom. The Morgan fingerprint density at radius 3 is 2.45 bits per heavy atom. The van der Waals surface area contributed by atoms with Crippen molar-refractivity contribution in [2.75, 3.05) is 0 Å². The Morgan fingerprint density at radius 2 is 1.65 bits per heavy atom. The first kappa shape index (κ1) is 13.2. The van der Waals surface area contributed by atoms with Gasteiger partial charge in [-0.15, -0.1) is 0 Å². The Bertz CT molecular complexity index is 605. The van der Waals surface area contributed by atoms with Crippen LogP contribution >= 0.6 is 0 Å². The molecule has 102 valence electrons. The molecule has 1 aliphatic carbocycles. The van der Waals surface area contributed by atoms with Crippen molar-refractivity contribution in [2.24, 2.45) is 0 Å². The van der Waals surface area contributed by atoms with Gasteiger partial charge < -0.3 is 0 Å². The highest BCUT2D eigenvalue weighted by Gasteiger charge is 2.13. The van der Waals surface area contributed by atoms with Crippen LogP contribution < -0.4 is 0 Å². The van der Waals surface area contributed by atoms with Gasteiger partial charge in [0.05, 0.1) is 0 Å². The zero-order valence-electron chi connectivity index (χ0n) is 12.2. The topological polar surface area (TPSA) is 0 Å². The molecule has 0 spiro atoms. The molecule has 0 saturated heterocycles. The second-order valence-electron chi connectivity index (χ2n) is 5.66. The van der Waals surface area contributed by atoms with Crippen molar-refractivity contribution in [3.63, 3.8) is 0 Å². The van der Waals surface area contributed by atoms with Gasteiger partial charge in [-0.1, -0.05) is 68.0 Å². The van der Waals surface area contributed by atoms with Crippen LogP contribution in [0.15, 0.2) is 54.6 Å². The Kier molecular flexibility index (Phi) is 4.01. The predicted molar refractivity (Wildman–Crippen MR) is 86.9 cm³/mol. The third-order valence-electron chi connectivity index (χ3n) is 4.15. The molecular weight excluding hydrogens is 240 g/mol. The highest BCUT2D eigenvalue weighted by atomic mass is 14.2. The van der Waals surface area contributed by atoms with Gasteiger partial charge in [0.2, 0.25) is 0 Å². The van der Waals surface area contributed by atoms with Crippen LogP contribution in [0.3, 0.4) is 0 Å². The molecule has 0 unspecified atom stereocenters. The molecule has 3 rings (SSSR count). The molecule has 2 aromatic carbocycles. The summed E-state index contributed by atoms with van der Waals surface area (Å²) in [5.74, 6) is 0. The maximum atomic E-state index is 2.42. The largest absolute Gasteiger partial charge is 0.0763 e. The lowest BCUT2D eigenvalue weighted by molar-refractivity contribution is 0.954. The van der Waals surface area contributed by atoms with E-state index in [4.69, 9.17) is 0 Å². The molecule has 20 heavy (non-hydrogen) atoms. The molecule has 0 aromatic heterocycles. The van der Waals surface area contributed by atoms with E-state index in [2.05, 4.69) is 61.5 Å². The molecule has 0 amide bonds. The van der Waals surface area contributed by atoms with Crippen molar-refractivity contribution in [3.8, 4) is 0 Å². The van der Waals surface area contributed by atoms with E-state index in [1.807, 2.05) is 0 Å². The van der Waals surface area contributed by atoms with E-state index in [1.54, 1.807) is 5.57 Å². The van der Waals surface area contributed by atoms with E-state index in [0.717, 1.165) is 19.3 Å². The number of hydrogen-bond donors (Lipinski definition) is 0. The first-order valence-electron chi connectivity index (χ1n) is 7.72. The molecule has 0 bridgehead atoms. The third-order valence-corrected chi connectivity index (χ3v) is 4.15. The molecule has 0 radical (unpaired) electrons. The van der Waals surface area contributed by atoms with Crippen molar-refractivity contribution >= 4 is 5.57 Å². The summed E-state index contributed by atoms with van der Waals surface area (Å²) >= 11 is 0. The van der Waals surface area contributed by atoms with E-state index in [9.17, 15) is 0 Å². The standard InChI is InChI=1S/C20H22/c1-2-6-18-13-14-19-12-11-17(15-20(18)19)10-9-16-7-4-3-5-8-16/h3-5,7-8,11-13,15H,2,6,9-10,14H2,1H3. The average Bonchev–Trinajstić information content (AvgIpc) is 2.89. The minimum absolute atomic E-state index is 1.13. The van der Waals surface area contributed by atoms with E-state index in [1.165, 1.54) is 35.1 Å². The van der Waals surface area contributed by atoms with E-state index < -0.39 is 0 Å². The van der Waals surface area contributed by atoms with Crippen LogP contribution in [-0.2, 0) is 19.3 Å². The maximum Gasteiger partial charge on any atom is -0.00854 e. The van der Waals surface area contributed by atoms with Crippen LogP contribution in [0.4, 0.5) is 0 Å². The van der Waals surface area contributed by atoms with Crippen molar-refractivity contribution in [3.05, 3.63) is 76.9 Å². The van der Waals surface area contributed by atoms with Gasteiger partial charge in [-0.25, -0.2) is 0 Å². The predicted octanol–water partition coefficient (Wildman–Crippen LogP) is 5.21. The molecule has 1 aliphatic rings. The zero-order valence-corrected chi connectivity index (χ0v) is 12.2. The van der Waals surface area contributed by atoms with Gasteiger partial charge in [-0.05, 0) is 53.5 Å². The molecule has 0 N–H and O–H groups in total. The number of aryl methyl sites for hydroxylation is 2. The second kappa shape index (κ2) is 6.09. The molecule has 0 aliphatic heterocycles. The van der Waals surface area contributed by atoms with Crippen LogP contribution in [0.1, 0.15) is 42.0 Å². The van der Waals surface area contributed by atoms with Gasteiger partial charge in [0.1, 0.15) is 0 Å². The third kappa shape index (κ3) is 2.85. The fourth-order valence-corrected chi connectivity index (χ4v) is 3.04. The Hall–Kier alpha value is -1.82. The summed E-state index contributed by atoms with van der Waals surface area (Å²) in [5.41, 5.74) is 7.48. The Labute approximate surface area is 122 Å². The zero-order chi connectivity index (χ0) is 13.8. The van der Waals surface area contributed by atoms with Gasteiger partial charge in [-0.2, -0.15) is 0 Å². The van der Waals surface area contributed by atoms with E-state index >= 15 is 0 Å². The van der Waals surface area contributed by atoms with Gasteiger partial charge in [0.25, 0.3) is 0 Å². The highest BCUT2D eigenvalue weighted by Crippen LogP contribution is 2.31. The van der Waals surface area contributed by atoms with Crippen molar-refractivity contribution in [1.82, 2.24) is 0 Å². The van der Waals surface area contributed by atoms with Crippen LogP contribution in [0.5, 0.6) is 0 Å². The summed E-state index contributed by atoms with van der Waals surface area (Å²) in [6, 6.07) is 17.8. The summed E-state index contributed by atoms with van der Waals surface area (Å²) in [5, 5.41) is 0. The Balaban J connectivity index is 1.73. The quantitative estimate of drug-likeness (QED) is 0.693. The molecule has 0 heteroatoms. The average molecular weight is 262 g/mol. The smallest absolute Gasteiger partial charge is 0.00854 e. The SMILES string of the molecule is CCCC1=CCc2ccc(CCc3ccccc3)cc21. The van der Waals surface area contributed by atoms with Crippen molar-refractivity contribution < 1.29 is 0 Å². The van der Waals surface area contributed by atoms with E-state index in [-0.39, 0.29) is 0 Å². The second-order valence-corrected chi connectivity index (χ2v) is 5.66. The fraction of sp³-hybridized carbons (Fsp3) is 0.300. The lowest BCUT2D eigenvalue weighted by Gasteiger charge is -2.08. The lowest BCUT2D eigenvalue weighted by Crippen LogP contribution is -1.94. The van der Waals surface area contributed by atoms with Crippen molar-refractivity contribution in [2.45, 2.75) is 39.0 Å². The van der Waals surface area contributed by atoms with Gasteiger partial charge in [0, 0.05) is 0 Å². The van der Waals surface area contributed by atoms with Crippen LogP contribution in [0.2, 0.25) is 0 Å². The summed E-state index contributed by atoms with van der Waals surface area (Å²) in [4.78, 5) is 0. The number of benzene rings is 2. The molecule has 2 aromatic rings. The lowest BCUT2D eigenvalue weighted by atomic mass is 9.97. The first-order chi connectivity index (χ1) is 9.86. The number of hydrogen-bond acceptors (Lipinski definition) is 0. The normalized spacial score (nSPS) is 13.2. The molecule has 0 saturated carbocycles. The van der Waals surface area contributed by atoms with Crippen LogP contribution in [0, 0.1) is 0 Å². The molecule has 0 atom stereocenters. The molecule has 0 heterocycles. The summed E-state index contributed by atoms with van der Waals surface area (Å²) in [6.07, 6.45) is 8.26. The summed E-state index contributed by atoms with van der Waals surface area (Å²) in [7, 11) is 0. The van der Waals surface area contributed by atoms with Gasteiger partial charge in [0.15, 0.2) is 0 Å². The number of allylic oxidation sites excluding steroid dienone is 2. The van der Waals surface area contributed by atoms with Crippen LogP contribution in [0.25, 0.3) is 5.57 Å². The van der Waals surface area contributed by atoms with Gasteiger partial charge in [-0.3, -0.25) is 0 Å². The highest BCUT2D eigenvalue weighted by molar-refractivity contribution is 5.73. The first-order valence-corrected chi connectivity index (χ1v) is 7.72. The molecule has 0 fully saturated rings. The number of fused-ring (bicyclic) bond motifs is 1. The minimum atomic E-state index is 1.13. The molecular formula is C20H22. The molecule has 0 nitrogen and oxygen atoms in total. The maximum absolute atomic E-state index is 2.42. The summed E-state index contributed by atoms with van der Waals surface area (Å²) < 4.78 is 0. The van der Waals surface area contributed by atoms with Crippen molar-refractivity contribution in [1.29, 1.82) is 0 Å². The monoisotopic (exact) mass is 262 g/mol. The van der Waals surface area contributed by atoms with E-state index in [0.29, 0.717) is 0 Å². The fourth-order valence-electron chi connectivity index (χ4n) is 3.04. The van der Waals surface area contributed by atoms with Gasteiger partial charge >= 0.3 is 0 Å². The summed E-state index contributed by atoms with van der Waals surface area (Å²) in [6.45, 7) is 2.26. The van der Waals surface area contributed by atoms with Crippen LogP contribution in [-0.4, -0.2) is 0 Å². The number of rotatable bonds is 5.